The highest BCUT2D eigenvalue weighted by atomic mass is 17.1. The molecule has 0 amide bonds. The van der Waals surface area contributed by atoms with Crippen molar-refractivity contribution in [2.24, 2.45) is 11.8 Å². The predicted molar refractivity (Wildman–Crippen MR) is 72.4 cm³/mol. The highest BCUT2D eigenvalue weighted by Crippen LogP contribution is 2.20. The number of rotatable bonds is 11. The van der Waals surface area contributed by atoms with Crippen LogP contribution in [0.25, 0.3) is 0 Å². The van der Waals surface area contributed by atoms with Crippen molar-refractivity contribution in [3.63, 3.8) is 0 Å². The number of hydrogen-bond acceptors (Lipinski definition) is 4. The molecule has 0 aromatic carbocycles. The van der Waals surface area contributed by atoms with Crippen LogP contribution in [0.1, 0.15) is 66.2 Å². The van der Waals surface area contributed by atoms with Gasteiger partial charge in [0, 0.05) is 0 Å². The summed E-state index contributed by atoms with van der Waals surface area (Å²) in [6, 6.07) is 0. The van der Waals surface area contributed by atoms with Gasteiger partial charge in [-0.15, -0.1) is 0 Å². The molecule has 0 fully saturated rings. The van der Waals surface area contributed by atoms with Crippen molar-refractivity contribution in [1.82, 2.24) is 0 Å². The van der Waals surface area contributed by atoms with Crippen molar-refractivity contribution < 1.29 is 20.3 Å². The van der Waals surface area contributed by atoms with Crippen molar-refractivity contribution in [2.45, 2.75) is 78.4 Å². The normalized spacial score (nSPS) is 16.8. The molecule has 18 heavy (non-hydrogen) atoms. The van der Waals surface area contributed by atoms with Gasteiger partial charge in [-0.25, -0.2) is 9.78 Å². The zero-order valence-corrected chi connectivity index (χ0v) is 12.3. The summed E-state index contributed by atoms with van der Waals surface area (Å²) in [5.74, 6) is 1.41. The molecule has 0 aromatic heterocycles. The molecular formula is C14H30O4. The van der Waals surface area contributed by atoms with Crippen LogP contribution in [0.3, 0.4) is 0 Å². The minimum Gasteiger partial charge on any atom is -0.252 e. The standard InChI is InChI=1S/C14H30O4/c1-11(2)5-6-12(3)7-9-14(18-16)10-8-13(4)17-15/h11-16H,5-10H2,1-4H3. The first-order valence-corrected chi connectivity index (χ1v) is 7.10. The van der Waals surface area contributed by atoms with Gasteiger partial charge in [-0.1, -0.05) is 33.6 Å². The highest BCUT2D eigenvalue weighted by Gasteiger charge is 2.14. The molecule has 4 nitrogen and oxygen atoms in total. The van der Waals surface area contributed by atoms with Crippen LogP contribution in [-0.4, -0.2) is 22.7 Å². The monoisotopic (exact) mass is 262 g/mol. The maximum absolute atomic E-state index is 8.84. The van der Waals surface area contributed by atoms with Gasteiger partial charge in [0.1, 0.15) is 0 Å². The van der Waals surface area contributed by atoms with Crippen LogP contribution in [-0.2, 0) is 9.78 Å². The first-order valence-electron chi connectivity index (χ1n) is 7.10. The topological polar surface area (TPSA) is 58.9 Å². The van der Waals surface area contributed by atoms with Gasteiger partial charge in [0.15, 0.2) is 0 Å². The predicted octanol–water partition coefficient (Wildman–Crippen LogP) is 4.36. The van der Waals surface area contributed by atoms with Crippen molar-refractivity contribution in [3.05, 3.63) is 0 Å². The molecule has 0 spiro atoms. The van der Waals surface area contributed by atoms with E-state index in [1.165, 1.54) is 12.8 Å². The van der Waals surface area contributed by atoms with Crippen molar-refractivity contribution in [2.75, 3.05) is 0 Å². The largest absolute Gasteiger partial charge is 0.252 e. The second kappa shape index (κ2) is 10.7. The highest BCUT2D eigenvalue weighted by molar-refractivity contribution is 4.63. The molecule has 2 N–H and O–H groups in total. The van der Waals surface area contributed by atoms with E-state index in [1.54, 1.807) is 6.92 Å². The minimum absolute atomic E-state index is 0.149. The molecule has 110 valence electrons. The summed E-state index contributed by atoms with van der Waals surface area (Å²) in [6.45, 7) is 8.52. The van der Waals surface area contributed by atoms with Crippen LogP contribution < -0.4 is 0 Å². The van der Waals surface area contributed by atoms with Crippen molar-refractivity contribution in [1.29, 1.82) is 0 Å². The van der Waals surface area contributed by atoms with E-state index in [2.05, 4.69) is 30.5 Å². The van der Waals surface area contributed by atoms with Gasteiger partial charge >= 0.3 is 0 Å². The average Bonchev–Trinajstić information content (AvgIpc) is 2.35. The third-order valence-electron chi connectivity index (χ3n) is 3.44. The van der Waals surface area contributed by atoms with E-state index in [4.69, 9.17) is 10.5 Å². The summed E-state index contributed by atoms with van der Waals surface area (Å²) >= 11 is 0. The number of hydrogen-bond donors (Lipinski definition) is 2. The Balaban J connectivity index is 3.71. The molecule has 3 atom stereocenters. The second-order valence-electron chi connectivity index (χ2n) is 5.87. The third-order valence-corrected chi connectivity index (χ3v) is 3.44. The molecule has 0 aliphatic rings. The van der Waals surface area contributed by atoms with E-state index in [1.807, 2.05) is 0 Å². The third kappa shape index (κ3) is 9.83. The van der Waals surface area contributed by atoms with E-state index in [-0.39, 0.29) is 12.2 Å². The fourth-order valence-corrected chi connectivity index (χ4v) is 1.96. The van der Waals surface area contributed by atoms with Gasteiger partial charge in [-0.2, -0.15) is 0 Å². The molecular weight excluding hydrogens is 232 g/mol. The maximum Gasteiger partial charge on any atom is 0.0928 e. The average molecular weight is 262 g/mol. The molecule has 0 aliphatic carbocycles. The molecule has 3 unspecified atom stereocenters. The quantitative estimate of drug-likeness (QED) is 0.429. The Bertz CT molecular complexity index is 185. The van der Waals surface area contributed by atoms with Crippen molar-refractivity contribution in [3.8, 4) is 0 Å². The molecule has 0 heterocycles. The minimum atomic E-state index is -0.207. The lowest BCUT2D eigenvalue weighted by atomic mass is 9.93. The first-order chi connectivity index (χ1) is 8.49. The molecule has 0 bridgehead atoms. The summed E-state index contributed by atoms with van der Waals surface area (Å²) in [7, 11) is 0. The van der Waals surface area contributed by atoms with Crippen LogP contribution in [0.2, 0.25) is 0 Å². The Morgan fingerprint density at radius 1 is 0.722 bits per heavy atom. The Hall–Kier alpha value is -0.160. The summed E-state index contributed by atoms with van der Waals surface area (Å²) in [6.07, 6.45) is 5.43. The van der Waals surface area contributed by atoms with Gasteiger partial charge in [0.25, 0.3) is 0 Å². The van der Waals surface area contributed by atoms with Gasteiger partial charge in [0.05, 0.1) is 12.2 Å². The summed E-state index contributed by atoms with van der Waals surface area (Å²) < 4.78 is 0. The van der Waals surface area contributed by atoms with Crippen LogP contribution in [0, 0.1) is 11.8 Å². The van der Waals surface area contributed by atoms with Crippen molar-refractivity contribution >= 4 is 0 Å². The SMILES string of the molecule is CC(C)CCC(C)CCC(CCC(C)OO)OO. The molecule has 4 heteroatoms. The smallest absolute Gasteiger partial charge is 0.0928 e. The molecule has 0 aromatic rings. The molecule has 0 radical (unpaired) electrons. The molecule has 0 saturated carbocycles. The first kappa shape index (κ1) is 17.8. The Labute approximate surface area is 111 Å². The zero-order valence-electron chi connectivity index (χ0n) is 12.3. The van der Waals surface area contributed by atoms with Gasteiger partial charge in [-0.3, -0.25) is 10.5 Å². The summed E-state index contributed by atoms with van der Waals surface area (Å²) in [5.41, 5.74) is 0. The maximum atomic E-state index is 8.84. The summed E-state index contributed by atoms with van der Waals surface area (Å²) in [5, 5.41) is 17.3. The Morgan fingerprint density at radius 3 is 1.78 bits per heavy atom. The fraction of sp³-hybridized carbons (Fsp3) is 1.00. The lowest BCUT2D eigenvalue weighted by Gasteiger charge is -2.18. The fourth-order valence-electron chi connectivity index (χ4n) is 1.96. The van der Waals surface area contributed by atoms with E-state index in [9.17, 15) is 0 Å². The van der Waals surface area contributed by atoms with Gasteiger partial charge in [0.2, 0.25) is 0 Å². The molecule has 0 saturated heterocycles. The Morgan fingerprint density at radius 2 is 1.28 bits per heavy atom. The second-order valence-corrected chi connectivity index (χ2v) is 5.87. The van der Waals surface area contributed by atoms with E-state index in [0.717, 1.165) is 18.8 Å². The van der Waals surface area contributed by atoms with Gasteiger partial charge in [-0.05, 0) is 44.4 Å². The zero-order chi connectivity index (χ0) is 14.0. The van der Waals surface area contributed by atoms with Crippen LogP contribution in [0.5, 0.6) is 0 Å². The lowest BCUT2D eigenvalue weighted by molar-refractivity contribution is -0.292. The Kier molecular flexibility index (Phi) is 10.6. The van der Waals surface area contributed by atoms with Crippen LogP contribution >= 0.6 is 0 Å². The van der Waals surface area contributed by atoms with Crippen LogP contribution in [0.4, 0.5) is 0 Å². The van der Waals surface area contributed by atoms with E-state index >= 15 is 0 Å². The van der Waals surface area contributed by atoms with Gasteiger partial charge < -0.3 is 0 Å². The summed E-state index contributed by atoms with van der Waals surface area (Å²) in [4.78, 5) is 8.68. The van der Waals surface area contributed by atoms with E-state index < -0.39 is 0 Å². The van der Waals surface area contributed by atoms with Crippen LogP contribution in [0.15, 0.2) is 0 Å². The van der Waals surface area contributed by atoms with E-state index in [0.29, 0.717) is 18.8 Å². The lowest BCUT2D eigenvalue weighted by Crippen LogP contribution is -2.16. The molecule has 0 rings (SSSR count). The molecule has 0 aliphatic heterocycles.